The van der Waals surface area contributed by atoms with Crippen molar-refractivity contribution in [2.45, 2.75) is 59.0 Å². The number of aryl methyl sites for hydroxylation is 3. The van der Waals surface area contributed by atoms with Crippen LogP contribution in [0.3, 0.4) is 0 Å². The average Bonchev–Trinajstić information content (AvgIpc) is 3.19. The number of rotatable bonds is 2. The molecule has 2 heterocycles. The Kier molecular flexibility index (Phi) is 4.34. The normalized spacial score (nSPS) is 26.2. The van der Waals surface area contributed by atoms with E-state index in [0.717, 1.165) is 42.7 Å². The zero-order valence-corrected chi connectivity index (χ0v) is 16.4. The fourth-order valence-electron chi connectivity index (χ4n) is 5.45. The third-order valence-electron chi connectivity index (χ3n) is 6.84. The van der Waals surface area contributed by atoms with Crippen LogP contribution >= 0.6 is 0 Å². The molecule has 1 aliphatic carbocycles. The first kappa shape index (κ1) is 17.6. The van der Waals surface area contributed by atoms with E-state index < -0.39 is 0 Å². The number of H-pyrrole nitrogens is 1. The molecule has 2 aromatic rings. The van der Waals surface area contributed by atoms with Gasteiger partial charge in [0.1, 0.15) is 5.69 Å². The van der Waals surface area contributed by atoms with Crippen LogP contribution in [0.25, 0.3) is 10.9 Å². The highest BCUT2D eigenvalue weighted by atomic mass is 16.5. The SMILES string of the molecule is CO[C@@H]1CCC[C@]12CCCN(C(=O)c1[nH]c3c(C)ccc(C)c3c1C)C2. The molecule has 140 valence electrons. The lowest BCUT2D eigenvalue weighted by Gasteiger charge is -2.43. The largest absolute Gasteiger partial charge is 0.381 e. The fourth-order valence-corrected chi connectivity index (χ4v) is 5.45. The first-order chi connectivity index (χ1) is 12.5. The van der Waals surface area contributed by atoms with Crippen molar-refractivity contribution in [1.82, 2.24) is 9.88 Å². The summed E-state index contributed by atoms with van der Waals surface area (Å²) in [6.45, 7) is 7.98. The van der Waals surface area contributed by atoms with Gasteiger partial charge in [-0.3, -0.25) is 4.79 Å². The van der Waals surface area contributed by atoms with Crippen molar-refractivity contribution in [2.24, 2.45) is 5.41 Å². The fraction of sp³-hybridized carbons (Fsp3) is 0.591. The number of nitrogens with zero attached hydrogens (tertiary/aromatic N) is 1. The van der Waals surface area contributed by atoms with Crippen LogP contribution in [-0.2, 0) is 4.74 Å². The highest BCUT2D eigenvalue weighted by molar-refractivity contribution is 6.02. The van der Waals surface area contributed by atoms with Crippen molar-refractivity contribution < 1.29 is 9.53 Å². The van der Waals surface area contributed by atoms with Crippen LogP contribution in [-0.4, -0.2) is 42.1 Å². The van der Waals surface area contributed by atoms with Gasteiger partial charge in [0.2, 0.25) is 0 Å². The van der Waals surface area contributed by atoms with Gasteiger partial charge in [-0.2, -0.15) is 0 Å². The number of likely N-dealkylation sites (tertiary alicyclic amines) is 1. The number of amides is 1. The van der Waals surface area contributed by atoms with Crippen LogP contribution < -0.4 is 0 Å². The molecule has 4 rings (SSSR count). The number of hydrogen-bond donors (Lipinski definition) is 1. The maximum absolute atomic E-state index is 13.4. The summed E-state index contributed by atoms with van der Waals surface area (Å²) in [6, 6.07) is 4.27. The predicted molar refractivity (Wildman–Crippen MR) is 105 cm³/mol. The van der Waals surface area contributed by atoms with Crippen molar-refractivity contribution in [1.29, 1.82) is 0 Å². The summed E-state index contributed by atoms with van der Waals surface area (Å²) in [7, 11) is 1.83. The van der Waals surface area contributed by atoms with Crippen molar-refractivity contribution in [2.75, 3.05) is 20.2 Å². The smallest absolute Gasteiger partial charge is 0.270 e. The number of carbonyl (C=O) groups is 1. The van der Waals surface area contributed by atoms with Gasteiger partial charge in [0.25, 0.3) is 5.91 Å². The van der Waals surface area contributed by atoms with E-state index in [0.29, 0.717) is 6.10 Å². The van der Waals surface area contributed by atoms with Gasteiger partial charge >= 0.3 is 0 Å². The number of fused-ring (bicyclic) bond motifs is 1. The Balaban J connectivity index is 1.68. The molecule has 0 unspecified atom stereocenters. The summed E-state index contributed by atoms with van der Waals surface area (Å²) in [6.07, 6.45) is 6.07. The van der Waals surface area contributed by atoms with E-state index >= 15 is 0 Å². The molecule has 1 saturated heterocycles. The number of aromatic nitrogens is 1. The van der Waals surface area contributed by atoms with E-state index in [4.69, 9.17) is 4.74 Å². The zero-order chi connectivity index (χ0) is 18.5. The lowest BCUT2D eigenvalue weighted by Crippen LogP contribution is -2.50. The van der Waals surface area contributed by atoms with Gasteiger partial charge in [-0.05, 0) is 63.1 Å². The zero-order valence-electron chi connectivity index (χ0n) is 16.4. The van der Waals surface area contributed by atoms with Crippen LogP contribution in [0.1, 0.15) is 59.3 Å². The summed E-state index contributed by atoms with van der Waals surface area (Å²) < 4.78 is 5.80. The molecule has 2 fully saturated rings. The molecule has 2 atom stereocenters. The van der Waals surface area contributed by atoms with E-state index in [2.05, 4.69) is 42.8 Å². The molecule has 0 radical (unpaired) electrons. The second-order valence-electron chi connectivity index (χ2n) is 8.38. The molecule has 1 aromatic carbocycles. The van der Waals surface area contributed by atoms with Gasteiger partial charge in [-0.25, -0.2) is 0 Å². The monoisotopic (exact) mass is 354 g/mol. The Labute approximate surface area is 155 Å². The second kappa shape index (κ2) is 6.41. The van der Waals surface area contributed by atoms with Gasteiger partial charge < -0.3 is 14.6 Å². The molecule has 4 nitrogen and oxygen atoms in total. The molecule has 1 saturated carbocycles. The van der Waals surface area contributed by atoms with Crippen molar-refractivity contribution in [3.63, 3.8) is 0 Å². The van der Waals surface area contributed by atoms with Crippen molar-refractivity contribution in [3.8, 4) is 0 Å². The number of hydrogen-bond acceptors (Lipinski definition) is 2. The van der Waals surface area contributed by atoms with Crippen LogP contribution in [0.2, 0.25) is 0 Å². The van der Waals surface area contributed by atoms with Gasteiger partial charge in [0, 0.05) is 36.5 Å². The van der Waals surface area contributed by atoms with E-state index in [1.54, 1.807) is 0 Å². The molecule has 4 heteroatoms. The molecule has 26 heavy (non-hydrogen) atoms. The third-order valence-corrected chi connectivity index (χ3v) is 6.84. The van der Waals surface area contributed by atoms with E-state index in [-0.39, 0.29) is 11.3 Å². The number of aromatic amines is 1. The van der Waals surface area contributed by atoms with Crippen LogP contribution in [0.15, 0.2) is 12.1 Å². The van der Waals surface area contributed by atoms with Gasteiger partial charge in [0.05, 0.1) is 6.10 Å². The van der Waals surface area contributed by atoms with E-state index in [1.807, 2.05) is 7.11 Å². The van der Waals surface area contributed by atoms with Crippen molar-refractivity contribution in [3.05, 3.63) is 34.5 Å². The minimum atomic E-state index is 0.151. The number of ether oxygens (including phenoxy) is 1. The van der Waals surface area contributed by atoms with Crippen molar-refractivity contribution >= 4 is 16.8 Å². The summed E-state index contributed by atoms with van der Waals surface area (Å²) >= 11 is 0. The average molecular weight is 354 g/mol. The highest BCUT2D eigenvalue weighted by Crippen LogP contribution is 2.46. The summed E-state index contributed by atoms with van der Waals surface area (Å²) in [5.74, 6) is 0.151. The van der Waals surface area contributed by atoms with Gasteiger partial charge in [-0.1, -0.05) is 18.6 Å². The van der Waals surface area contributed by atoms with Crippen LogP contribution in [0.4, 0.5) is 0 Å². The lowest BCUT2D eigenvalue weighted by atomic mass is 9.76. The maximum atomic E-state index is 13.4. The number of methoxy groups -OCH3 is 1. The quantitative estimate of drug-likeness (QED) is 0.862. The van der Waals surface area contributed by atoms with Crippen LogP contribution in [0.5, 0.6) is 0 Å². The number of carbonyl (C=O) groups excluding carboxylic acids is 1. The topological polar surface area (TPSA) is 45.3 Å². The second-order valence-corrected chi connectivity index (χ2v) is 8.38. The Morgan fingerprint density at radius 3 is 2.65 bits per heavy atom. The Morgan fingerprint density at radius 1 is 1.19 bits per heavy atom. The number of nitrogens with one attached hydrogen (secondary N) is 1. The van der Waals surface area contributed by atoms with Crippen LogP contribution in [0, 0.1) is 26.2 Å². The summed E-state index contributed by atoms with van der Waals surface area (Å²) in [4.78, 5) is 18.9. The minimum Gasteiger partial charge on any atom is -0.381 e. The lowest BCUT2D eigenvalue weighted by molar-refractivity contribution is -0.0296. The molecule has 1 amide bonds. The number of benzene rings is 1. The Morgan fingerprint density at radius 2 is 1.92 bits per heavy atom. The Hall–Kier alpha value is -1.81. The molecule has 1 N–H and O–H groups in total. The number of piperidine rings is 1. The maximum Gasteiger partial charge on any atom is 0.270 e. The third kappa shape index (κ3) is 2.58. The van der Waals surface area contributed by atoms with Gasteiger partial charge in [-0.15, -0.1) is 0 Å². The molecule has 1 aliphatic heterocycles. The van der Waals surface area contributed by atoms with Gasteiger partial charge in [0.15, 0.2) is 0 Å². The molecular formula is C22H30N2O2. The first-order valence-corrected chi connectivity index (χ1v) is 9.87. The van der Waals surface area contributed by atoms with E-state index in [9.17, 15) is 4.79 Å². The molecular weight excluding hydrogens is 324 g/mol. The molecule has 1 spiro atoms. The minimum absolute atomic E-state index is 0.151. The molecule has 2 aliphatic rings. The van der Waals surface area contributed by atoms with E-state index in [1.165, 1.54) is 35.8 Å². The summed E-state index contributed by atoms with van der Waals surface area (Å²) in [5.41, 5.74) is 5.53. The summed E-state index contributed by atoms with van der Waals surface area (Å²) in [5, 5.41) is 1.20. The molecule has 1 aromatic heterocycles. The Bertz CT molecular complexity index is 853. The highest BCUT2D eigenvalue weighted by Gasteiger charge is 2.47. The molecule has 0 bridgehead atoms. The first-order valence-electron chi connectivity index (χ1n) is 9.87. The predicted octanol–water partition coefficient (Wildman–Crippen LogP) is 4.51. The standard InChI is InChI=1S/C22H30N2O2/c1-14-8-9-15(2)19-18(14)16(3)20(23-19)21(25)24-12-6-11-22(13-24)10-5-7-17(22)26-4/h8-9,17,23H,5-7,10-13H2,1-4H3/t17-,22-/m1/s1.